The first-order valence-electron chi connectivity index (χ1n) is 6.33. The van der Waals surface area contributed by atoms with Crippen molar-refractivity contribution in [2.75, 3.05) is 20.2 Å². The van der Waals surface area contributed by atoms with Crippen molar-refractivity contribution in [1.82, 2.24) is 14.1 Å². The number of aliphatic hydroxyl groups excluding tert-OH is 1. The number of hydrogen-bond acceptors (Lipinski definition) is 4. The van der Waals surface area contributed by atoms with Gasteiger partial charge in [0.1, 0.15) is 0 Å². The van der Waals surface area contributed by atoms with Gasteiger partial charge in [0.2, 0.25) is 0 Å². The summed E-state index contributed by atoms with van der Waals surface area (Å²) in [6.07, 6.45) is 2.31. The van der Waals surface area contributed by atoms with Gasteiger partial charge in [-0.05, 0) is 12.5 Å². The molecule has 0 unspecified atom stereocenters. The Bertz CT molecular complexity index is 508. The molecule has 7 heteroatoms. The third-order valence-corrected chi connectivity index (χ3v) is 4.69. The van der Waals surface area contributed by atoms with Crippen molar-refractivity contribution in [3.05, 3.63) is 12.3 Å². The molecule has 19 heavy (non-hydrogen) atoms. The molecule has 0 atom stereocenters. The summed E-state index contributed by atoms with van der Waals surface area (Å²) in [6.45, 7) is 6.37. The molecule has 6 nitrogen and oxygen atoms in total. The predicted octanol–water partition coefficient (Wildman–Crippen LogP) is 0.932. The zero-order chi connectivity index (χ0) is 14.7. The number of aryl methyl sites for hydroxylation is 1. The molecule has 1 aromatic rings. The first kappa shape index (κ1) is 16.1. The van der Waals surface area contributed by atoms with Gasteiger partial charge >= 0.3 is 0 Å². The molecule has 0 aliphatic carbocycles. The van der Waals surface area contributed by atoms with E-state index in [2.05, 4.69) is 5.10 Å². The average Bonchev–Trinajstić information content (AvgIpc) is 2.78. The number of sulfonamides is 1. The van der Waals surface area contributed by atoms with Crippen LogP contribution in [0.25, 0.3) is 0 Å². The van der Waals surface area contributed by atoms with Crippen LogP contribution < -0.4 is 0 Å². The largest absolute Gasteiger partial charge is 0.396 e. The average molecular weight is 289 g/mol. The van der Waals surface area contributed by atoms with Gasteiger partial charge in [-0.2, -0.15) is 9.40 Å². The van der Waals surface area contributed by atoms with Crippen molar-refractivity contribution in [1.29, 1.82) is 0 Å². The van der Waals surface area contributed by atoms with Crippen LogP contribution in [0.5, 0.6) is 0 Å². The van der Waals surface area contributed by atoms with Crippen molar-refractivity contribution < 1.29 is 13.5 Å². The second kappa shape index (κ2) is 6.02. The SMILES string of the molecule is CCCn1nccc1S(=O)(=O)N(C)CC(C)(C)CO. The maximum absolute atomic E-state index is 12.5. The Morgan fingerprint density at radius 3 is 2.63 bits per heavy atom. The number of aromatic nitrogens is 2. The van der Waals surface area contributed by atoms with Crippen LogP contribution in [0.4, 0.5) is 0 Å². The van der Waals surface area contributed by atoms with Crippen LogP contribution >= 0.6 is 0 Å². The first-order chi connectivity index (χ1) is 8.74. The van der Waals surface area contributed by atoms with E-state index in [-0.39, 0.29) is 18.2 Å². The Balaban J connectivity index is 3.00. The van der Waals surface area contributed by atoms with E-state index in [1.54, 1.807) is 0 Å². The van der Waals surface area contributed by atoms with Gasteiger partial charge in [0.25, 0.3) is 10.0 Å². The van der Waals surface area contributed by atoms with Crippen LogP contribution in [0.1, 0.15) is 27.2 Å². The number of nitrogens with zero attached hydrogens (tertiary/aromatic N) is 3. The normalized spacial score (nSPS) is 13.2. The van der Waals surface area contributed by atoms with Crippen LogP contribution in [0, 0.1) is 5.41 Å². The molecule has 0 radical (unpaired) electrons. The van der Waals surface area contributed by atoms with Crippen molar-refractivity contribution >= 4 is 10.0 Å². The van der Waals surface area contributed by atoms with E-state index in [1.807, 2.05) is 20.8 Å². The highest BCUT2D eigenvalue weighted by atomic mass is 32.2. The quantitative estimate of drug-likeness (QED) is 0.810. The lowest BCUT2D eigenvalue weighted by molar-refractivity contribution is 0.140. The summed E-state index contributed by atoms with van der Waals surface area (Å²) in [4.78, 5) is 0. The van der Waals surface area contributed by atoms with Crippen LogP contribution in [-0.4, -0.2) is 47.8 Å². The van der Waals surface area contributed by atoms with E-state index >= 15 is 0 Å². The highest BCUT2D eigenvalue weighted by Crippen LogP contribution is 2.21. The molecule has 0 aliphatic rings. The highest BCUT2D eigenvalue weighted by molar-refractivity contribution is 7.89. The molecule has 0 spiro atoms. The molecule has 0 fully saturated rings. The van der Waals surface area contributed by atoms with Gasteiger partial charge in [-0.1, -0.05) is 20.8 Å². The highest BCUT2D eigenvalue weighted by Gasteiger charge is 2.29. The van der Waals surface area contributed by atoms with Crippen molar-refractivity contribution in [2.24, 2.45) is 5.41 Å². The van der Waals surface area contributed by atoms with Crippen LogP contribution in [0.15, 0.2) is 17.3 Å². The standard InChI is InChI=1S/C12H23N3O3S/c1-5-8-15-11(6-7-13-15)19(17,18)14(4)9-12(2,3)10-16/h6-7,16H,5,8-10H2,1-4H3. The second-order valence-electron chi connectivity index (χ2n) is 5.48. The molecule has 0 bridgehead atoms. The summed E-state index contributed by atoms with van der Waals surface area (Å²) < 4.78 is 27.7. The monoisotopic (exact) mass is 289 g/mol. The van der Waals surface area contributed by atoms with Crippen molar-refractivity contribution in [2.45, 2.75) is 38.8 Å². The van der Waals surface area contributed by atoms with Crippen LogP contribution in [0.2, 0.25) is 0 Å². The zero-order valence-electron chi connectivity index (χ0n) is 12.0. The fourth-order valence-electron chi connectivity index (χ4n) is 1.82. The Morgan fingerprint density at radius 1 is 1.47 bits per heavy atom. The van der Waals surface area contributed by atoms with E-state index in [0.717, 1.165) is 6.42 Å². The van der Waals surface area contributed by atoms with Gasteiger partial charge in [0.15, 0.2) is 5.03 Å². The van der Waals surface area contributed by atoms with Crippen LogP contribution in [0.3, 0.4) is 0 Å². The summed E-state index contributed by atoms with van der Waals surface area (Å²) in [6, 6.07) is 1.51. The number of hydrogen-bond donors (Lipinski definition) is 1. The fourth-order valence-corrected chi connectivity index (χ4v) is 3.29. The molecular formula is C12H23N3O3S. The summed E-state index contributed by atoms with van der Waals surface area (Å²) in [5.41, 5.74) is -0.475. The second-order valence-corrected chi connectivity index (χ2v) is 7.47. The van der Waals surface area contributed by atoms with Gasteiger partial charge in [0.05, 0.1) is 6.20 Å². The van der Waals surface area contributed by atoms with Gasteiger partial charge in [0, 0.05) is 32.2 Å². The summed E-state index contributed by atoms with van der Waals surface area (Å²) in [5.74, 6) is 0. The summed E-state index contributed by atoms with van der Waals surface area (Å²) >= 11 is 0. The van der Waals surface area contributed by atoms with E-state index in [1.165, 1.54) is 28.3 Å². The third kappa shape index (κ3) is 3.77. The molecule has 1 aromatic heterocycles. The fraction of sp³-hybridized carbons (Fsp3) is 0.750. The topological polar surface area (TPSA) is 75.4 Å². The van der Waals surface area contributed by atoms with Crippen molar-refractivity contribution in [3.8, 4) is 0 Å². The van der Waals surface area contributed by atoms with Gasteiger partial charge in [-0.15, -0.1) is 0 Å². The molecule has 110 valence electrons. The molecule has 0 saturated heterocycles. The summed E-state index contributed by atoms with van der Waals surface area (Å²) in [7, 11) is -2.05. The lowest BCUT2D eigenvalue weighted by atomic mass is 9.95. The smallest absolute Gasteiger partial charge is 0.259 e. The third-order valence-electron chi connectivity index (χ3n) is 2.87. The molecule has 0 saturated carbocycles. The van der Waals surface area contributed by atoms with E-state index in [9.17, 15) is 13.5 Å². The Morgan fingerprint density at radius 2 is 2.11 bits per heavy atom. The van der Waals surface area contributed by atoms with Crippen LogP contribution in [-0.2, 0) is 16.6 Å². The molecule has 1 N–H and O–H groups in total. The zero-order valence-corrected chi connectivity index (χ0v) is 12.8. The number of rotatable bonds is 7. The summed E-state index contributed by atoms with van der Waals surface area (Å²) in [5, 5.41) is 13.5. The predicted molar refractivity (Wildman–Crippen MR) is 73.2 cm³/mol. The molecule has 1 heterocycles. The lowest BCUT2D eigenvalue weighted by Gasteiger charge is -2.27. The van der Waals surface area contributed by atoms with E-state index in [4.69, 9.17) is 0 Å². The molecule has 0 aromatic carbocycles. The molecule has 1 rings (SSSR count). The van der Waals surface area contributed by atoms with Gasteiger partial charge < -0.3 is 5.11 Å². The lowest BCUT2D eigenvalue weighted by Crippen LogP contribution is -2.38. The Kier molecular flexibility index (Phi) is 5.11. The number of aliphatic hydroxyl groups is 1. The Hall–Kier alpha value is -0.920. The minimum atomic E-state index is -3.57. The van der Waals surface area contributed by atoms with E-state index in [0.29, 0.717) is 6.54 Å². The minimum Gasteiger partial charge on any atom is -0.396 e. The Labute approximate surface area is 115 Å². The minimum absolute atomic E-state index is 0.0684. The first-order valence-corrected chi connectivity index (χ1v) is 7.77. The van der Waals surface area contributed by atoms with E-state index < -0.39 is 15.4 Å². The van der Waals surface area contributed by atoms with Gasteiger partial charge in [-0.3, -0.25) is 4.68 Å². The van der Waals surface area contributed by atoms with Crippen molar-refractivity contribution in [3.63, 3.8) is 0 Å². The molecular weight excluding hydrogens is 266 g/mol. The maximum atomic E-state index is 12.5. The maximum Gasteiger partial charge on any atom is 0.259 e. The molecule has 0 amide bonds. The molecule has 0 aliphatic heterocycles. The van der Waals surface area contributed by atoms with Gasteiger partial charge in [-0.25, -0.2) is 8.42 Å².